The van der Waals surface area contributed by atoms with Crippen LogP contribution in [0.5, 0.6) is 11.5 Å². The fourth-order valence-electron chi connectivity index (χ4n) is 3.60. The van der Waals surface area contributed by atoms with Gasteiger partial charge in [-0.1, -0.05) is 6.07 Å². The molecule has 25 heavy (non-hydrogen) atoms. The molecule has 0 aromatic heterocycles. The van der Waals surface area contributed by atoms with Crippen LogP contribution in [0, 0.1) is 11.3 Å². The van der Waals surface area contributed by atoms with Crippen LogP contribution < -0.4 is 25.8 Å². The molecule has 1 atom stereocenters. The molecule has 7 heteroatoms. The lowest BCUT2D eigenvalue weighted by Crippen LogP contribution is -2.33. The van der Waals surface area contributed by atoms with Gasteiger partial charge in [0.05, 0.1) is 7.11 Å². The van der Waals surface area contributed by atoms with Crippen molar-refractivity contribution in [2.75, 3.05) is 26.8 Å². The minimum absolute atomic E-state index is 0.134. The van der Waals surface area contributed by atoms with E-state index in [1.807, 2.05) is 6.07 Å². The summed E-state index contributed by atoms with van der Waals surface area (Å²) in [5.74, 6) is 0.695. The maximum absolute atomic E-state index is 12.4. The molecule has 1 saturated carbocycles. The van der Waals surface area contributed by atoms with E-state index in [4.69, 9.17) is 15.2 Å². The van der Waals surface area contributed by atoms with E-state index in [1.165, 1.54) is 7.11 Å². The number of carbonyl (C=O) groups excluding carboxylic acids is 2. The van der Waals surface area contributed by atoms with Gasteiger partial charge in [-0.3, -0.25) is 9.59 Å². The van der Waals surface area contributed by atoms with Crippen molar-refractivity contribution in [1.82, 2.24) is 10.6 Å². The Balaban J connectivity index is 1.54. The van der Waals surface area contributed by atoms with Crippen LogP contribution in [0.15, 0.2) is 18.2 Å². The van der Waals surface area contributed by atoms with Crippen LogP contribution in [0.1, 0.15) is 24.8 Å². The van der Waals surface area contributed by atoms with E-state index in [0.29, 0.717) is 18.0 Å². The minimum atomic E-state index is -0.547. The van der Waals surface area contributed by atoms with Gasteiger partial charge in [0.1, 0.15) is 0 Å². The van der Waals surface area contributed by atoms with Crippen LogP contribution in [0.2, 0.25) is 0 Å². The summed E-state index contributed by atoms with van der Waals surface area (Å²) < 4.78 is 10.6. The number of primary amides is 1. The zero-order valence-corrected chi connectivity index (χ0v) is 14.5. The van der Waals surface area contributed by atoms with Gasteiger partial charge in [-0.2, -0.15) is 0 Å². The Morgan fingerprint density at radius 2 is 2.08 bits per heavy atom. The van der Waals surface area contributed by atoms with Crippen molar-refractivity contribution in [3.63, 3.8) is 0 Å². The van der Waals surface area contributed by atoms with Gasteiger partial charge in [0.25, 0.3) is 5.91 Å². The van der Waals surface area contributed by atoms with Gasteiger partial charge in [-0.05, 0) is 55.5 Å². The molecule has 0 radical (unpaired) electrons. The lowest BCUT2D eigenvalue weighted by Gasteiger charge is -2.23. The van der Waals surface area contributed by atoms with Crippen molar-refractivity contribution in [1.29, 1.82) is 0 Å². The van der Waals surface area contributed by atoms with Crippen molar-refractivity contribution in [2.24, 2.45) is 17.1 Å². The van der Waals surface area contributed by atoms with Crippen molar-refractivity contribution < 1.29 is 19.1 Å². The molecule has 1 unspecified atom stereocenters. The summed E-state index contributed by atoms with van der Waals surface area (Å²) in [5.41, 5.74) is 6.23. The highest BCUT2D eigenvalue weighted by molar-refractivity contribution is 5.82. The molecule has 1 saturated heterocycles. The Morgan fingerprint density at radius 1 is 1.32 bits per heavy atom. The monoisotopic (exact) mass is 347 g/mol. The van der Waals surface area contributed by atoms with E-state index in [1.54, 1.807) is 12.1 Å². The molecule has 1 aromatic rings. The Kier molecular flexibility index (Phi) is 5.13. The first-order valence-electron chi connectivity index (χ1n) is 8.60. The van der Waals surface area contributed by atoms with Gasteiger partial charge in [-0.15, -0.1) is 0 Å². The zero-order chi connectivity index (χ0) is 17.9. The molecular formula is C18H25N3O4. The fourth-order valence-corrected chi connectivity index (χ4v) is 3.60. The van der Waals surface area contributed by atoms with E-state index >= 15 is 0 Å². The Bertz CT molecular complexity index is 656. The third-order valence-corrected chi connectivity index (χ3v) is 5.17. The van der Waals surface area contributed by atoms with Crippen molar-refractivity contribution in [3.05, 3.63) is 23.8 Å². The van der Waals surface area contributed by atoms with Crippen LogP contribution >= 0.6 is 0 Å². The van der Waals surface area contributed by atoms with Crippen LogP contribution in [0.25, 0.3) is 0 Å². The molecule has 1 spiro atoms. The number of carbonyl (C=O) groups is 2. The molecule has 3 rings (SSSR count). The molecule has 1 aliphatic heterocycles. The smallest absolute Gasteiger partial charge is 0.255 e. The number of rotatable bonds is 7. The van der Waals surface area contributed by atoms with Crippen molar-refractivity contribution in [2.45, 2.75) is 25.8 Å². The SMILES string of the molecule is COc1cc(CNC(=O)C2CC23CCNCC3)ccc1OCC(N)=O. The average Bonchev–Trinajstić information content (AvgIpc) is 3.31. The highest BCUT2D eigenvalue weighted by Gasteiger charge is 2.57. The third kappa shape index (κ3) is 4.04. The van der Waals surface area contributed by atoms with Gasteiger partial charge in [0, 0.05) is 12.5 Å². The summed E-state index contributed by atoms with van der Waals surface area (Å²) >= 11 is 0. The predicted octanol–water partition coefficient (Wildman–Crippen LogP) is 0.565. The lowest BCUT2D eigenvalue weighted by atomic mass is 9.92. The van der Waals surface area contributed by atoms with E-state index in [9.17, 15) is 9.59 Å². The fraction of sp³-hybridized carbons (Fsp3) is 0.556. The Morgan fingerprint density at radius 3 is 2.76 bits per heavy atom. The van der Waals surface area contributed by atoms with Crippen LogP contribution in [0.4, 0.5) is 0 Å². The maximum Gasteiger partial charge on any atom is 0.255 e. The van der Waals surface area contributed by atoms with Gasteiger partial charge in [-0.25, -0.2) is 0 Å². The number of hydrogen-bond donors (Lipinski definition) is 3. The van der Waals surface area contributed by atoms with Gasteiger partial charge < -0.3 is 25.8 Å². The highest BCUT2D eigenvalue weighted by atomic mass is 16.5. The number of methoxy groups -OCH3 is 1. The molecule has 2 aliphatic rings. The molecule has 0 bridgehead atoms. The molecule has 1 aromatic carbocycles. The van der Waals surface area contributed by atoms with E-state index in [0.717, 1.165) is 37.9 Å². The topological polar surface area (TPSA) is 103 Å². The second-order valence-electron chi connectivity index (χ2n) is 6.83. The average molecular weight is 347 g/mol. The third-order valence-electron chi connectivity index (χ3n) is 5.17. The number of benzene rings is 1. The minimum Gasteiger partial charge on any atom is -0.493 e. The van der Waals surface area contributed by atoms with Gasteiger partial charge in [0.2, 0.25) is 5.91 Å². The van der Waals surface area contributed by atoms with Crippen molar-refractivity contribution in [3.8, 4) is 11.5 Å². The zero-order valence-electron chi connectivity index (χ0n) is 14.5. The molecule has 4 N–H and O–H groups in total. The van der Waals surface area contributed by atoms with Gasteiger partial charge in [0.15, 0.2) is 18.1 Å². The predicted molar refractivity (Wildman–Crippen MR) is 92.2 cm³/mol. The summed E-state index contributed by atoms with van der Waals surface area (Å²) in [7, 11) is 1.53. The number of piperidine rings is 1. The van der Waals surface area contributed by atoms with Gasteiger partial charge >= 0.3 is 0 Å². The summed E-state index contributed by atoms with van der Waals surface area (Å²) in [4.78, 5) is 23.2. The Hall–Kier alpha value is -2.28. The Labute approximate surface area is 147 Å². The van der Waals surface area contributed by atoms with Crippen LogP contribution in [0.3, 0.4) is 0 Å². The van der Waals surface area contributed by atoms with E-state index in [2.05, 4.69) is 10.6 Å². The summed E-state index contributed by atoms with van der Waals surface area (Å²) in [5, 5.41) is 6.37. The second-order valence-corrected chi connectivity index (χ2v) is 6.83. The first-order valence-corrected chi connectivity index (χ1v) is 8.60. The summed E-state index contributed by atoms with van der Waals surface area (Å²) in [6, 6.07) is 5.35. The number of nitrogens with one attached hydrogen (secondary N) is 2. The highest BCUT2D eigenvalue weighted by Crippen LogP contribution is 2.58. The summed E-state index contributed by atoms with van der Waals surface area (Å²) in [6.07, 6.45) is 3.18. The lowest BCUT2D eigenvalue weighted by molar-refractivity contribution is -0.123. The molecule has 7 nitrogen and oxygen atoms in total. The summed E-state index contributed by atoms with van der Waals surface area (Å²) in [6.45, 7) is 2.25. The molecule has 2 amide bonds. The second kappa shape index (κ2) is 7.31. The molecular weight excluding hydrogens is 322 g/mol. The largest absolute Gasteiger partial charge is 0.493 e. The standard InChI is InChI=1S/C18H25N3O4/c1-24-15-8-12(2-3-14(15)25-11-16(19)22)10-21-17(23)13-9-18(13)4-6-20-7-5-18/h2-3,8,13,20H,4-7,9-11H2,1H3,(H2,19,22)(H,21,23). The van der Waals surface area contributed by atoms with Crippen molar-refractivity contribution >= 4 is 11.8 Å². The molecule has 1 aliphatic carbocycles. The molecule has 136 valence electrons. The van der Waals surface area contributed by atoms with Crippen LogP contribution in [-0.2, 0) is 16.1 Å². The van der Waals surface area contributed by atoms with E-state index < -0.39 is 5.91 Å². The molecule has 1 heterocycles. The number of amides is 2. The first-order chi connectivity index (χ1) is 12.0. The quantitative estimate of drug-likeness (QED) is 0.669. The number of ether oxygens (including phenoxy) is 2. The number of nitrogens with two attached hydrogens (primary N) is 1. The first kappa shape index (κ1) is 17.5. The van der Waals surface area contributed by atoms with E-state index in [-0.39, 0.29) is 23.8 Å². The number of hydrogen-bond acceptors (Lipinski definition) is 5. The molecule has 2 fully saturated rings. The normalized spacial score (nSPS) is 20.8. The van der Waals surface area contributed by atoms with Crippen LogP contribution in [-0.4, -0.2) is 38.6 Å². The maximum atomic E-state index is 12.4.